The quantitative estimate of drug-likeness (QED) is 0.185. The van der Waals surface area contributed by atoms with Gasteiger partial charge in [-0.1, -0.05) is 58.9 Å². The summed E-state index contributed by atoms with van der Waals surface area (Å²) in [5.74, 6) is 2.06. The van der Waals surface area contributed by atoms with Gasteiger partial charge in [0.15, 0.2) is 0 Å². The van der Waals surface area contributed by atoms with Gasteiger partial charge in [-0.3, -0.25) is 4.79 Å². The Hall–Kier alpha value is -3.00. The summed E-state index contributed by atoms with van der Waals surface area (Å²) >= 11 is 0. The largest absolute Gasteiger partial charge is 0.481 e. The highest BCUT2D eigenvalue weighted by atomic mass is 32.2. The van der Waals surface area contributed by atoms with E-state index in [1.165, 1.54) is 61.5 Å². The van der Waals surface area contributed by atoms with Crippen LogP contribution in [0.5, 0.6) is 5.88 Å². The second-order valence-corrected chi connectivity index (χ2v) is 25.4. The minimum absolute atomic E-state index is 0.0230. The monoisotopic (exact) mass is 870 g/mol. The van der Waals surface area contributed by atoms with Crippen molar-refractivity contribution in [2.45, 2.75) is 167 Å². The molecule has 0 spiro atoms. The lowest BCUT2D eigenvalue weighted by Crippen LogP contribution is -2.68. The molecular weight excluding hydrogens is 795 g/mol. The number of aliphatic carboxylic acids is 1. The van der Waals surface area contributed by atoms with Crippen molar-refractivity contribution in [2.24, 2.45) is 56.7 Å². The third-order valence-corrected chi connectivity index (χ3v) is 21.7. The molecule has 1 aromatic heterocycles. The fourth-order valence-corrected chi connectivity index (χ4v) is 17.4. The maximum atomic E-state index is 12.8. The fourth-order valence-electron chi connectivity index (χ4n) is 16.3. The lowest BCUT2D eigenvalue weighted by molar-refractivity contribution is -0.221. The van der Waals surface area contributed by atoms with Crippen LogP contribution in [0.2, 0.25) is 0 Å². The average Bonchev–Trinajstić information content (AvgIpc) is 3.60. The van der Waals surface area contributed by atoms with Crippen LogP contribution in [0.15, 0.2) is 53.8 Å². The van der Waals surface area contributed by atoms with Crippen LogP contribution in [0.4, 0.5) is 0 Å². The first kappa shape index (κ1) is 45.6. The van der Waals surface area contributed by atoms with E-state index in [0.717, 1.165) is 25.8 Å². The molecule has 1 heterocycles. The van der Waals surface area contributed by atoms with Crippen molar-refractivity contribution in [3.63, 3.8) is 0 Å². The number of hydrogen-bond acceptors (Lipinski definition) is 8. The molecule has 0 aliphatic heterocycles. The first-order valence-corrected chi connectivity index (χ1v) is 26.0. The number of carbonyl (C=O) groups is 1. The van der Waals surface area contributed by atoms with Crippen LogP contribution in [0.1, 0.15) is 156 Å². The molecule has 8 rings (SSSR count). The number of sulfone groups is 1. The Morgan fingerprint density at radius 1 is 0.952 bits per heavy atom. The number of aliphatic hydroxyl groups is 1. The van der Waals surface area contributed by atoms with E-state index in [4.69, 9.17) is 4.74 Å². The van der Waals surface area contributed by atoms with Crippen LogP contribution >= 0.6 is 0 Å². The second-order valence-electron chi connectivity index (χ2n) is 23.1. The van der Waals surface area contributed by atoms with Crippen LogP contribution in [0.3, 0.4) is 0 Å². The van der Waals surface area contributed by atoms with Gasteiger partial charge in [0.2, 0.25) is 5.88 Å². The molecular formula is C52H75N3O6S. The van der Waals surface area contributed by atoms with Crippen molar-refractivity contribution < 1.29 is 28.2 Å². The number of carboxylic acid groups (broad SMARTS) is 1. The molecule has 10 atom stereocenters. The fraction of sp³-hybridized carbons (Fsp3) is 0.750. The summed E-state index contributed by atoms with van der Waals surface area (Å²) in [7, 11) is -3.08. The minimum Gasteiger partial charge on any atom is -0.481 e. The van der Waals surface area contributed by atoms with Crippen molar-refractivity contribution in [1.82, 2.24) is 10.3 Å². The zero-order chi connectivity index (χ0) is 44.7. The minimum atomic E-state index is -3.08. The molecule has 10 heteroatoms. The first-order valence-electron chi connectivity index (χ1n) is 24.0. The van der Waals surface area contributed by atoms with Crippen LogP contribution in [0.25, 0.3) is 0 Å². The molecule has 0 amide bonds. The van der Waals surface area contributed by atoms with E-state index in [1.54, 1.807) is 18.3 Å². The smallest absolute Gasteiger partial charge is 0.313 e. The van der Waals surface area contributed by atoms with Gasteiger partial charge in [0, 0.05) is 18.0 Å². The summed E-state index contributed by atoms with van der Waals surface area (Å²) in [5, 5.41) is 35.5. The zero-order valence-corrected chi connectivity index (χ0v) is 39.6. The Morgan fingerprint density at radius 2 is 1.69 bits per heavy atom. The maximum Gasteiger partial charge on any atom is 0.313 e. The summed E-state index contributed by atoms with van der Waals surface area (Å²) < 4.78 is 30.4. The Bertz CT molecular complexity index is 2170. The number of nitriles is 1. The lowest BCUT2D eigenvalue weighted by atomic mass is 9.33. The second kappa shape index (κ2) is 15.9. The van der Waals surface area contributed by atoms with Gasteiger partial charge >= 0.3 is 5.97 Å². The molecule has 0 aromatic carbocycles. The van der Waals surface area contributed by atoms with E-state index >= 15 is 0 Å². The number of rotatable bonds is 11. The van der Waals surface area contributed by atoms with Crippen LogP contribution in [0, 0.1) is 68.0 Å². The Morgan fingerprint density at radius 3 is 2.34 bits per heavy atom. The predicted octanol–water partition coefficient (Wildman–Crippen LogP) is 10.2. The van der Waals surface area contributed by atoms with Gasteiger partial charge in [-0.15, -0.1) is 0 Å². The van der Waals surface area contributed by atoms with Gasteiger partial charge in [0.1, 0.15) is 33.5 Å². The molecule has 0 radical (unpaired) electrons. The summed E-state index contributed by atoms with van der Waals surface area (Å²) in [6.45, 7) is 20.5. The highest BCUT2D eigenvalue weighted by Crippen LogP contribution is 2.76. The number of fused-ring (bicyclic) bond motifs is 7. The average molecular weight is 870 g/mol. The van der Waals surface area contributed by atoms with E-state index < -0.39 is 26.8 Å². The molecule has 0 bridgehead atoms. The normalized spacial score (nSPS) is 42.4. The van der Waals surface area contributed by atoms with Crippen molar-refractivity contribution in [1.29, 1.82) is 5.26 Å². The predicted molar refractivity (Wildman–Crippen MR) is 244 cm³/mol. The third-order valence-electron chi connectivity index (χ3n) is 20.0. The van der Waals surface area contributed by atoms with Gasteiger partial charge in [-0.25, -0.2) is 13.4 Å². The molecule has 9 nitrogen and oxygen atoms in total. The summed E-state index contributed by atoms with van der Waals surface area (Å²) in [6, 6.07) is 5.42. The van der Waals surface area contributed by atoms with E-state index in [0.29, 0.717) is 86.5 Å². The summed E-state index contributed by atoms with van der Waals surface area (Å²) in [5.41, 5.74) is 3.02. The van der Waals surface area contributed by atoms with E-state index in [-0.39, 0.29) is 44.9 Å². The Kier molecular flexibility index (Phi) is 11.7. The number of hydrogen-bond donors (Lipinski definition) is 3. The lowest BCUT2D eigenvalue weighted by Gasteiger charge is -2.72. The van der Waals surface area contributed by atoms with Gasteiger partial charge in [0.25, 0.3) is 0 Å². The standard InChI is InChI=1S/C52H75N3O6S/c1-34(2)38-17-26-52(55-31-29-51(58)24-15-37(16-25-51)62(8,59)60)28-27-48(6)40(43(38)52)11-12-42-47(5)20-18-39(46(3,4)41(47)19-21-49(42,48)7)35-13-22-50(23-14-35,45(56)57)33-61-44-36(32-53)10-9-30-54-44/h9-10,13,18,30,37-38,40-43,55,58H,1,11-12,14-17,19-29,31,33H2,2-8H3,(H,56,57)/t37?,38-,40+,41-,42+,43+,47-,48+,49+,50-,51?,52-/m0/s1. The Labute approximate surface area is 372 Å². The van der Waals surface area contributed by atoms with Crippen molar-refractivity contribution in [2.75, 3.05) is 19.4 Å². The van der Waals surface area contributed by atoms with E-state index in [9.17, 15) is 28.7 Å². The SMILES string of the molecule is C=C(C)[C@@H]1CC[C@]2(NCCC3(O)CCC(S(C)(=O)=O)CC3)CC[C@]3(C)[C@H](CC[C@@H]4[C@@]5(C)CC=C(C6=CC[C@](COc7ncccc7C#N)(C(=O)O)CC6)C(C)(C)[C@@H]5CC[C@]43C)[C@@H]12. The highest BCUT2D eigenvalue weighted by Gasteiger charge is 2.70. The van der Waals surface area contributed by atoms with Crippen LogP contribution in [-0.4, -0.2) is 65.4 Å². The molecule has 5 saturated carbocycles. The van der Waals surface area contributed by atoms with Gasteiger partial charge in [-0.2, -0.15) is 5.26 Å². The number of ether oxygens (including phenoxy) is 1. The van der Waals surface area contributed by atoms with E-state index in [2.05, 4.69) is 76.6 Å². The highest BCUT2D eigenvalue weighted by molar-refractivity contribution is 7.91. The number of aromatic nitrogens is 1. The first-order chi connectivity index (χ1) is 29.1. The van der Waals surface area contributed by atoms with Gasteiger partial charge in [-0.05, 0) is 197 Å². The Balaban J connectivity index is 0.998. The summed E-state index contributed by atoms with van der Waals surface area (Å²) in [4.78, 5) is 17.0. The summed E-state index contributed by atoms with van der Waals surface area (Å²) in [6.07, 6.45) is 22.7. The van der Waals surface area contributed by atoms with Crippen LogP contribution in [-0.2, 0) is 14.6 Å². The molecule has 3 N–H and O–H groups in total. The molecule has 7 aliphatic carbocycles. The topological polar surface area (TPSA) is 150 Å². The third kappa shape index (κ3) is 7.25. The molecule has 340 valence electrons. The zero-order valence-electron chi connectivity index (χ0n) is 38.8. The molecule has 0 saturated heterocycles. The molecule has 1 aromatic rings. The molecule has 5 fully saturated rings. The van der Waals surface area contributed by atoms with Crippen LogP contribution < -0.4 is 10.1 Å². The molecule has 0 unspecified atom stereocenters. The maximum absolute atomic E-state index is 12.8. The van der Waals surface area contributed by atoms with Crippen molar-refractivity contribution in [3.8, 4) is 11.9 Å². The van der Waals surface area contributed by atoms with E-state index in [1.807, 2.05) is 0 Å². The molecule has 62 heavy (non-hydrogen) atoms. The number of nitrogens with one attached hydrogen (secondary N) is 1. The number of carboxylic acids is 1. The van der Waals surface area contributed by atoms with Crippen molar-refractivity contribution >= 4 is 15.8 Å². The number of nitrogens with zero attached hydrogens (tertiary/aromatic N) is 2. The number of pyridine rings is 1. The van der Waals surface area contributed by atoms with Gasteiger partial charge < -0.3 is 20.3 Å². The van der Waals surface area contributed by atoms with Gasteiger partial charge in [0.05, 0.1) is 10.9 Å². The van der Waals surface area contributed by atoms with Crippen molar-refractivity contribution in [3.05, 3.63) is 59.3 Å². The number of allylic oxidation sites excluding steroid dienone is 5. The molecule has 7 aliphatic rings.